The first-order chi connectivity index (χ1) is 9.48. The zero-order valence-corrected chi connectivity index (χ0v) is 14.0. The van der Waals surface area contributed by atoms with E-state index in [0.29, 0.717) is 11.5 Å². The van der Waals surface area contributed by atoms with Crippen molar-refractivity contribution >= 4 is 0 Å². The molecule has 0 saturated heterocycles. The number of nitrogens with one attached hydrogen (secondary N) is 1. The summed E-state index contributed by atoms with van der Waals surface area (Å²) in [6, 6.07) is 5.31. The first-order valence-corrected chi connectivity index (χ1v) is 8.29. The van der Waals surface area contributed by atoms with Gasteiger partial charge in [0.2, 0.25) is 0 Å². The monoisotopic (exact) mass is 273 g/mol. The molecule has 0 amide bonds. The van der Waals surface area contributed by atoms with Crippen LogP contribution in [0.2, 0.25) is 0 Å². The van der Waals surface area contributed by atoms with Crippen LogP contribution in [0.4, 0.5) is 0 Å². The van der Waals surface area contributed by atoms with E-state index in [-0.39, 0.29) is 0 Å². The van der Waals surface area contributed by atoms with Crippen LogP contribution < -0.4 is 5.32 Å². The van der Waals surface area contributed by atoms with Crippen molar-refractivity contribution < 1.29 is 0 Å². The largest absolute Gasteiger partial charge is 0.309 e. The van der Waals surface area contributed by atoms with Gasteiger partial charge >= 0.3 is 0 Å². The average molecular weight is 273 g/mol. The molecular formula is C19H31N. The first-order valence-electron chi connectivity index (χ1n) is 8.29. The Balaban J connectivity index is 2.38. The zero-order chi connectivity index (χ0) is 14.8. The summed E-state index contributed by atoms with van der Waals surface area (Å²) in [6.07, 6.45) is 6.72. The summed E-state index contributed by atoms with van der Waals surface area (Å²) in [6.45, 7) is 12.6. The molecular weight excluding hydrogens is 242 g/mol. The molecule has 0 heterocycles. The Morgan fingerprint density at radius 3 is 2.25 bits per heavy atom. The van der Waals surface area contributed by atoms with Crippen LogP contribution in [0.15, 0.2) is 12.1 Å². The van der Waals surface area contributed by atoms with Crippen molar-refractivity contribution in [3.8, 4) is 0 Å². The van der Waals surface area contributed by atoms with E-state index in [9.17, 15) is 0 Å². The van der Waals surface area contributed by atoms with Crippen molar-refractivity contribution in [1.82, 2.24) is 5.32 Å². The first kappa shape index (κ1) is 15.6. The predicted octanol–water partition coefficient (Wildman–Crippen LogP) is 5.23. The summed E-state index contributed by atoms with van der Waals surface area (Å²) in [7, 11) is 0. The van der Waals surface area contributed by atoms with Crippen LogP contribution in [0, 0.1) is 26.2 Å². The molecule has 1 fully saturated rings. The van der Waals surface area contributed by atoms with Crippen LogP contribution in [0.1, 0.15) is 74.2 Å². The van der Waals surface area contributed by atoms with Crippen molar-refractivity contribution in [2.75, 3.05) is 6.54 Å². The molecule has 2 rings (SSSR count). The second-order valence-corrected chi connectivity index (χ2v) is 7.04. The van der Waals surface area contributed by atoms with Gasteiger partial charge < -0.3 is 5.32 Å². The van der Waals surface area contributed by atoms with E-state index in [2.05, 4.69) is 52.1 Å². The van der Waals surface area contributed by atoms with Crippen LogP contribution in [-0.4, -0.2) is 6.54 Å². The van der Waals surface area contributed by atoms with Gasteiger partial charge in [0, 0.05) is 6.04 Å². The second kappa shape index (κ2) is 6.30. The highest BCUT2D eigenvalue weighted by Gasteiger charge is 2.38. The Morgan fingerprint density at radius 1 is 1.05 bits per heavy atom. The van der Waals surface area contributed by atoms with Gasteiger partial charge in [-0.3, -0.25) is 0 Å². The molecule has 0 aliphatic heterocycles. The van der Waals surface area contributed by atoms with Crippen LogP contribution in [-0.2, 0) is 0 Å². The Kier molecular flexibility index (Phi) is 4.90. The Morgan fingerprint density at radius 2 is 1.65 bits per heavy atom. The molecule has 0 bridgehead atoms. The molecule has 1 aromatic carbocycles. The fourth-order valence-corrected chi connectivity index (χ4v) is 3.79. The highest BCUT2D eigenvalue weighted by molar-refractivity contribution is 5.39. The molecule has 20 heavy (non-hydrogen) atoms. The lowest BCUT2D eigenvalue weighted by Gasteiger charge is -2.36. The normalized spacial score (nSPS) is 19.2. The molecule has 1 atom stereocenters. The van der Waals surface area contributed by atoms with Crippen molar-refractivity contribution in [2.45, 2.75) is 72.8 Å². The van der Waals surface area contributed by atoms with Gasteiger partial charge in [-0.2, -0.15) is 0 Å². The molecule has 1 aliphatic carbocycles. The van der Waals surface area contributed by atoms with Crippen molar-refractivity contribution in [1.29, 1.82) is 0 Å². The lowest BCUT2D eigenvalue weighted by Crippen LogP contribution is -2.35. The number of aryl methyl sites for hydroxylation is 3. The van der Waals surface area contributed by atoms with E-state index in [1.165, 1.54) is 54.4 Å². The van der Waals surface area contributed by atoms with Gasteiger partial charge in [0.1, 0.15) is 0 Å². The highest BCUT2D eigenvalue weighted by Crippen LogP contribution is 2.48. The molecule has 1 N–H and O–H groups in total. The van der Waals surface area contributed by atoms with E-state index in [0.717, 1.165) is 6.54 Å². The van der Waals surface area contributed by atoms with Crippen LogP contribution in [0.25, 0.3) is 0 Å². The second-order valence-electron chi connectivity index (χ2n) is 7.04. The van der Waals surface area contributed by atoms with E-state index in [4.69, 9.17) is 0 Å². The van der Waals surface area contributed by atoms with Crippen LogP contribution >= 0.6 is 0 Å². The third kappa shape index (κ3) is 3.09. The van der Waals surface area contributed by atoms with Gasteiger partial charge in [-0.05, 0) is 74.2 Å². The smallest absolute Gasteiger partial charge is 0.0377 e. The van der Waals surface area contributed by atoms with Gasteiger partial charge in [-0.15, -0.1) is 0 Å². The Bertz CT molecular complexity index is 455. The molecule has 0 radical (unpaired) electrons. The topological polar surface area (TPSA) is 12.0 Å². The fraction of sp³-hybridized carbons (Fsp3) is 0.684. The SMILES string of the molecule is CCCNC(c1cc(C)c(C)cc1C)C1(C)CCCC1. The minimum absolute atomic E-state index is 0.432. The molecule has 1 heteroatoms. The molecule has 1 unspecified atom stereocenters. The molecule has 1 aliphatic rings. The summed E-state index contributed by atoms with van der Waals surface area (Å²) in [5.41, 5.74) is 6.26. The van der Waals surface area contributed by atoms with Crippen molar-refractivity contribution in [3.05, 3.63) is 34.4 Å². The lowest BCUT2D eigenvalue weighted by atomic mass is 9.75. The number of rotatable bonds is 5. The minimum Gasteiger partial charge on any atom is -0.309 e. The van der Waals surface area contributed by atoms with Gasteiger partial charge in [0.25, 0.3) is 0 Å². The number of hydrogen-bond donors (Lipinski definition) is 1. The summed E-state index contributed by atoms with van der Waals surface area (Å²) >= 11 is 0. The third-order valence-electron chi connectivity index (χ3n) is 5.23. The van der Waals surface area contributed by atoms with Gasteiger partial charge in [0.15, 0.2) is 0 Å². The summed E-state index contributed by atoms with van der Waals surface area (Å²) in [5.74, 6) is 0. The quantitative estimate of drug-likeness (QED) is 0.774. The van der Waals surface area contributed by atoms with Gasteiger partial charge in [0.05, 0.1) is 0 Å². The highest BCUT2D eigenvalue weighted by atomic mass is 14.9. The standard InChI is InChI=1S/C19H31N/c1-6-11-20-18(19(5)9-7-8-10-19)17-13-15(3)14(2)12-16(17)4/h12-13,18,20H,6-11H2,1-5H3. The van der Waals surface area contributed by atoms with E-state index >= 15 is 0 Å². The maximum Gasteiger partial charge on any atom is 0.0377 e. The maximum absolute atomic E-state index is 3.86. The Labute approximate surface area is 125 Å². The maximum atomic E-state index is 3.86. The van der Waals surface area contributed by atoms with E-state index < -0.39 is 0 Å². The van der Waals surface area contributed by atoms with E-state index in [1.54, 1.807) is 0 Å². The van der Waals surface area contributed by atoms with Crippen molar-refractivity contribution in [2.24, 2.45) is 5.41 Å². The van der Waals surface area contributed by atoms with E-state index in [1.807, 2.05) is 0 Å². The molecule has 1 saturated carbocycles. The summed E-state index contributed by atoms with van der Waals surface area (Å²) < 4.78 is 0. The average Bonchev–Trinajstić information content (AvgIpc) is 2.83. The zero-order valence-electron chi connectivity index (χ0n) is 14.0. The van der Waals surface area contributed by atoms with Crippen LogP contribution in [0.5, 0.6) is 0 Å². The number of hydrogen-bond acceptors (Lipinski definition) is 1. The molecule has 112 valence electrons. The summed E-state index contributed by atoms with van der Waals surface area (Å²) in [4.78, 5) is 0. The van der Waals surface area contributed by atoms with Crippen LogP contribution in [0.3, 0.4) is 0 Å². The minimum atomic E-state index is 0.432. The molecule has 1 aromatic rings. The van der Waals surface area contributed by atoms with Gasteiger partial charge in [-0.1, -0.05) is 38.8 Å². The lowest BCUT2D eigenvalue weighted by molar-refractivity contribution is 0.223. The van der Waals surface area contributed by atoms with Gasteiger partial charge in [-0.25, -0.2) is 0 Å². The third-order valence-corrected chi connectivity index (χ3v) is 5.23. The van der Waals surface area contributed by atoms with Crippen molar-refractivity contribution in [3.63, 3.8) is 0 Å². The predicted molar refractivity (Wildman–Crippen MR) is 88.3 cm³/mol. The molecule has 0 spiro atoms. The molecule has 1 nitrogen and oxygen atoms in total. The number of benzene rings is 1. The fourth-order valence-electron chi connectivity index (χ4n) is 3.79. The Hall–Kier alpha value is -0.820. The molecule has 0 aromatic heterocycles. The summed E-state index contributed by atoms with van der Waals surface area (Å²) in [5, 5.41) is 3.86.